The Morgan fingerprint density at radius 1 is 1.27 bits per heavy atom. The summed E-state index contributed by atoms with van der Waals surface area (Å²) < 4.78 is 1.08. The summed E-state index contributed by atoms with van der Waals surface area (Å²) in [5.74, 6) is 0. The van der Waals surface area contributed by atoms with Gasteiger partial charge in [0.25, 0.3) is 0 Å². The first-order valence-corrected chi connectivity index (χ1v) is 6.46. The molecule has 0 radical (unpaired) electrons. The molecule has 1 saturated heterocycles. The predicted octanol–water partition coefficient (Wildman–Crippen LogP) is 2.87. The molecule has 3 heteroatoms. The summed E-state index contributed by atoms with van der Waals surface area (Å²) in [5, 5.41) is 0. The Kier molecular flexibility index (Phi) is 4.15. The van der Waals surface area contributed by atoms with Crippen LogP contribution >= 0.6 is 15.9 Å². The molecule has 1 aromatic rings. The van der Waals surface area contributed by atoms with E-state index in [2.05, 4.69) is 31.9 Å². The Morgan fingerprint density at radius 2 is 2.07 bits per heavy atom. The summed E-state index contributed by atoms with van der Waals surface area (Å²) in [6, 6.07) is 2.16. The zero-order chi connectivity index (χ0) is 10.5. The van der Waals surface area contributed by atoms with Gasteiger partial charge in [0.15, 0.2) is 0 Å². The monoisotopic (exact) mass is 268 g/mol. The molecule has 0 saturated carbocycles. The van der Waals surface area contributed by atoms with Crippen molar-refractivity contribution in [2.75, 3.05) is 19.6 Å². The lowest BCUT2D eigenvalue weighted by molar-refractivity contribution is 0.334. The second-order valence-corrected chi connectivity index (χ2v) is 5.08. The number of aromatic nitrogens is 1. The molecule has 0 bridgehead atoms. The van der Waals surface area contributed by atoms with E-state index >= 15 is 0 Å². The molecule has 0 spiro atoms. The number of rotatable bonds is 4. The van der Waals surface area contributed by atoms with Crippen LogP contribution in [0.25, 0.3) is 0 Å². The first-order chi connectivity index (χ1) is 7.34. The van der Waals surface area contributed by atoms with Gasteiger partial charge < -0.3 is 4.90 Å². The van der Waals surface area contributed by atoms with E-state index in [9.17, 15) is 0 Å². The molecule has 0 amide bonds. The van der Waals surface area contributed by atoms with Gasteiger partial charge in [-0.1, -0.05) is 0 Å². The molecule has 82 valence electrons. The minimum Gasteiger partial charge on any atom is -0.303 e. The van der Waals surface area contributed by atoms with Crippen molar-refractivity contribution < 1.29 is 0 Å². The van der Waals surface area contributed by atoms with Crippen LogP contribution in [0.15, 0.2) is 22.9 Å². The third kappa shape index (κ3) is 3.58. The Bertz CT molecular complexity index is 308. The average molecular weight is 269 g/mol. The summed E-state index contributed by atoms with van der Waals surface area (Å²) >= 11 is 3.45. The maximum atomic E-state index is 4.17. The van der Waals surface area contributed by atoms with Gasteiger partial charge in [0.2, 0.25) is 0 Å². The van der Waals surface area contributed by atoms with Gasteiger partial charge in [-0.15, -0.1) is 0 Å². The highest BCUT2D eigenvalue weighted by Crippen LogP contribution is 2.12. The summed E-state index contributed by atoms with van der Waals surface area (Å²) in [6.45, 7) is 3.85. The number of halogens is 1. The molecule has 1 aromatic heterocycles. The average Bonchev–Trinajstić information content (AvgIpc) is 2.71. The van der Waals surface area contributed by atoms with E-state index in [1.807, 2.05) is 12.4 Å². The van der Waals surface area contributed by atoms with Crippen LogP contribution in [0.3, 0.4) is 0 Å². The second-order valence-electron chi connectivity index (χ2n) is 4.16. The standard InChI is InChI=1S/C12H17BrN2/c13-12-8-11(9-14-10-12)4-3-7-15-5-1-2-6-15/h8-10H,1-7H2. The van der Waals surface area contributed by atoms with Crippen LogP contribution < -0.4 is 0 Å². The Hall–Kier alpha value is -0.410. The molecule has 0 unspecified atom stereocenters. The Labute approximate surface area is 99.8 Å². The van der Waals surface area contributed by atoms with Crippen LogP contribution in [0.2, 0.25) is 0 Å². The smallest absolute Gasteiger partial charge is 0.0410 e. The van der Waals surface area contributed by atoms with Crippen LogP contribution in [0, 0.1) is 0 Å². The molecule has 0 N–H and O–H groups in total. The molecule has 0 aliphatic carbocycles. The lowest BCUT2D eigenvalue weighted by Gasteiger charge is -2.13. The highest BCUT2D eigenvalue weighted by Gasteiger charge is 2.10. The maximum absolute atomic E-state index is 4.17. The van der Waals surface area contributed by atoms with Gasteiger partial charge in [-0.3, -0.25) is 4.98 Å². The minimum atomic E-state index is 1.08. The van der Waals surface area contributed by atoms with Crippen LogP contribution in [0.5, 0.6) is 0 Å². The van der Waals surface area contributed by atoms with Crippen LogP contribution in [-0.4, -0.2) is 29.5 Å². The summed E-state index contributed by atoms with van der Waals surface area (Å²) in [6.07, 6.45) is 8.97. The molecule has 15 heavy (non-hydrogen) atoms. The lowest BCUT2D eigenvalue weighted by atomic mass is 10.1. The van der Waals surface area contributed by atoms with Crippen LogP contribution in [-0.2, 0) is 6.42 Å². The summed E-state index contributed by atoms with van der Waals surface area (Å²) in [4.78, 5) is 6.74. The van der Waals surface area contributed by atoms with Crippen LogP contribution in [0.1, 0.15) is 24.8 Å². The fourth-order valence-electron chi connectivity index (χ4n) is 2.11. The lowest BCUT2D eigenvalue weighted by Crippen LogP contribution is -2.20. The van der Waals surface area contributed by atoms with Gasteiger partial charge in [-0.25, -0.2) is 0 Å². The van der Waals surface area contributed by atoms with Gasteiger partial charge in [0, 0.05) is 16.9 Å². The van der Waals surface area contributed by atoms with Gasteiger partial charge in [-0.2, -0.15) is 0 Å². The molecule has 1 aliphatic heterocycles. The van der Waals surface area contributed by atoms with Gasteiger partial charge >= 0.3 is 0 Å². The van der Waals surface area contributed by atoms with E-state index in [-0.39, 0.29) is 0 Å². The fraction of sp³-hybridized carbons (Fsp3) is 0.583. The minimum absolute atomic E-state index is 1.08. The normalized spacial score (nSPS) is 17.1. The third-order valence-electron chi connectivity index (χ3n) is 2.90. The zero-order valence-corrected chi connectivity index (χ0v) is 10.5. The van der Waals surface area contributed by atoms with E-state index < -0.39 is 0 Å². The first-order valence-electron chi connectivity index (χ1n) is 5.66. The summed E-state index contributed by atoms with van der Waals surface area (Å²) in [5.41, 5.74) is 1.34. The van der Waals surface area contributed by atoms with E-state index in [0.717, 1.165) is 10.9 Å². The van der Waals surface area contributed by atoms with E-state index in [1.54, 1.807) is 0 Å². The van der Waals surface area contributed by atoms with Crippen molar-refractivity contribution in [3.63, 3.8) is 0 Å². The topological polar surface area (TPSA) is 16.1 Å². The Morgan fingerprint density at radius 3 is 2.80 bits per heavy atom. The molecular weight excluding hydrogens is 252 g/mol. The highest BCUT2D eigenvalue weighted by atomic mass is 79.9. The molecule has 1 fully saturated rings. The van der Waals surface area contributed by atoms with Crippen molar-refractivity contribution >= 4 is 15.9 Å². The van der Waals surface area contributed by atoms with Gasteiger partial charge in [0.1, 0.15) is 0 Å². The highest BCUT2D eigenvalue weighted by molar-refractivity contribution is 9.10. The number of pyridine rings is 1. The largest absolute Gasteiger partial charge is 0.303 e. The summed E-state index contributed by atoms with van der Waals surface area (Å²) in [7, 11) is 0. The van der Waals surface area contributed by atoms with E-state index in [0.29, 0.717) is 0 Å². The predicted molar refractivity (Wildman–Crippen MR) is 65.9 cm³/mol. The molecule has 1 aliphatic rings. The first kappa shape index (κ1) is 11.1. The number of nitrogens with zero attached hydrogens (tertiary/aromatic N) is 2. The fourth-order valence-corrected chi connectivity index (χ4v) is 2.52. The Balaban J connectivity index is 1.73. The van der Waals surface area contributed by atoms with Crippen molar-refractivity contribution in [1.29, 1.82) is 0 Å². The third-order valence-corrected chi connectivity index (χ3v) is 3.33. The second kappa shape index (κ2) is 5.61. The van der Waals surface area contributed by atoms with Crippen molar-refractivity contribution in [2.45, 2.75) is 25.7 Å². The molecule has 2 nitrogen and oxygen atoms in total. The van der Waals surface area contributed by atoms with Crippen LogP contribution in [0.4, 0.5) is 0 Å². The van der Waals surface area contributed by atoms with Crippen molar-refractivity contribution in [3.8, 4) is 0 Å². The van der Waals surface area contributed by atoms with E-state index in [1.165, 1.54) is 44.5 Å². The molecule has 2 rings (SSSR count). The van der Waals surface area contributed by atoms with Gasteiger partial charge in [-0.05, 0) is 72.9 Å². The molecule has 0 atom stereocenters. The van der Waals surface area contributed by atoms with Crippen molar-refractivity contribution in [3.05, 3.63) is 28.5 Å². The molecule has 0 aromatic carbocycles. The number of aryl methyl sites for hydroxylation is 1. The SMILES string of the molecule is Brc1cncc(CCCN2CCCC2)c1. The molecule has 2 heterocycles. The number of hydrogen-bond donors (Lipinski definition) is 0. The number of hydrogen-bond acceptors (Lipinski definition) is 2. The zero-order valence-electron chi connectivity index (χ0n) is 8.95. The van der Waals surface area contributed by atoms with Crippen molar-refractivity contribution in [2.24, 2.45) is 0 Å². The quantitative estimate of drug-likeness (QED) is 0.835. The number of likely N-dealkylation sites (tertiary alicyclic amines) is 1. The van der Waals surface area contributed by atoms with Gasteiger partial charge in [0.05, 0.1) is 0 Å². The van der Waals surface area contributed by atoms with Crippen molar-refractivity contribution in [1.82, 2.24) is 9.88 Å². The maximum Gasteiger partial charge on any atom is 0.0410 e. The van der Waals surface area contributed by atoms with E-state index in [4.69, 9.17) is 0 Å². The molecular formula is C12H17BrN2.